The lowest BCUT2D eigenvalue weighted by molar-refractivity contribution is -0.0869. The van der Waals surface area contributed by atoms with Gasteiger partial charge in [-0.25, -0.2) is 9.71 Å². The summed E-state index contributed by atoms with van der Waals surface area (Å²) >= 11 is 1.27. The first kappa shape index (κ1) is 22.4. The van der Waals surface area contributed by atoms with Gasteiger partial charge in [-0.05, 0) is 42.8 Å². The van der Waals surface area contributed by atoms with Gasteiger partial charge in [0.05, 0.1) is 11.3 Å². The van der Waals surface area contributed by atoms with Crippen LogP contribution in [0.2, 0.25) is 0 Å². The standard InChI is InChI=1S/C21H26F3N3S/c1-6-15(13(3)4)16(7-2)20-17(21(22,23)24)11-12-18(26-20)27-28-19-10-8-9-14(5)25-19/h6-11,13,15-16,18,27H,1-2,12H2,3-5H3. The number of alkyl halides is 3. The molecule has 2 rings (SSSR count). The maximum atomic E-state index is 13.6. The number of aliphatic imine (C=N–C) groups is 1. The van der Waals surface area contributed by atoms with Crippen LogP contribution in [0.5, 0.6) is 0 Å². The van der Waals surface area contributed by atoms with E-state index in [1.54, 1.807) is 12.2 Å². The van der Waals surface area contributed by atoms with E-state index < -0.39 is 23.8 Å². The number of rotatable bonds is 8. The molecule has 152 valence electrons. The molecule has 3 atom stereocenters. The van der Waals surface area contributed by atoms with Gasteiger partial charge in [0.25, 0.3) is 0 Å². The topological polar surface area (TPSA) is 37.3 Å². The molecule has 0 spiro atoms. The molecule has 0 saturated heterocycles. The molecular weight excluding hydrogens is 383 g/mol. The highest BCUT2D eigenvalue weighted by Gasteiger charge is 2.42. The van der Waals surface area contributed by atoms with Crippen molar-refractivity contribution in [3.8, 4) is 0 Å². The Morgan fingerprint density at radius 1 is 1.25 bits per heavy atom. The number of dihydropyridines is 1. The first-order valence-electron chi connectivity index (χ1n) is 9.14. The van der Waals surface area contributed by atoms with Gasteiger partial charge in [0.1, 0.15) is 11.2 Å². The van der Waals surface area contributed by atoms with Crippen LogP contribution in [0.3, 0.4) is 0 Å². The second-order valence-electron chi connectivity index (χ2n) is 7.04. The summed E-state index contributed by atoms with van der Waals surface area (Å²) in [5.41, 5.74) is 0.209. The number of aryl methyl sites for hydroxylation is 1. The summed E-state index contributed by atoms with van der Waals surface area (Å²) in [7, 11) is 0. The van der Waals surface area contributed by atoms with Crippen LogP contribution < -0.4 is 4.72 Å². The average Bonchev–Trinajstić information content (AvgIpc) is 2.63. The van der Waals surface area contributed by atoms with E-state index in [2.05, 4.69) is 27.9 Å². The molecule has 0 radical (unpaired) electrons. The van der Waals surface area contributed by atoms with Crippen LogP contribution in [0.15, 0.2) is 65.2 Å². The Kier molecular flexibility index (Phi) is 7.66. The minimum absolute atomic E-state index is 0.0163. The minimum Gasteiger partial charge on any atom is -0.269 e. The predicted octanol–water partition coefficient (Wildman–Crippen LogP) is 5.91. The van der Waals surface area contributed by atoms with Crippen molar-refractivity contribution in [1.29, 1.82) is 0 Å². The first-order chi connectivity index (χ1) is 13.2. The van der Waals surface area contributed by atoms with E-state index in [-0.39, 0.29) is 24.0 Å². The number of allylic oxidation sites excluding steroid dienone is 3. The van der Waals surface area contributed by atoms with E-state index >= 15 is 0 Å². The summed E-state index contributed by atoms with van der Waals surface area (Å²) in [6, 6.07) is 5.61. The van der Waals surface area contributed by atoms with E-state index in [1.807, 2.05) is 39.0 Å². The highest BCUT2D eigenvalue weighted by Crippen LogP contribution is 2.37. The fourth-order valence-electron chi connectivity index (χ4n) is 3.21. The molecule has 1 aromatic heterocycles. The van der Waals surface area contributed by atoms with Crippen LogP contribution >= 0.6 is 11.9 Å². The SMILES string of the molecule is C=CC(C1=NC(NSc2cccc(C)n2)CC=C1C(F)(F)F)C(C=C)C(C)C. The van der Waals surface area contributed by atoms with Crippen LogP contribution in [0.1, 0.15) is 26.0 Å². The van der Waals surface area contributed by atoms with E-state index in [9.17, 15) is 13.2 Å². The number of aromatic nitrogens is 1. The van der Waals surface area contributed by atoms with Gasteiger partial charge in [-0.1, -0.05) is 38.1 Å². The lowest BCUT2D eigenvalue weighted by Gasteiger charge is -2.31. The largest absolute Gasteiger partial charge is 0.417 e. The van der Waals surface area contributed by atoms with Crippen LogP contribution in [-0.2, 0) is 0 Å². The average molecular weight is 410 g/mol. The number of hydrogen-bond donors (Lipinski definition) is 1. The highest BCUT2D eigenvalue weighted by molar-refractivity contribution is 7.97. The van der Waals surface area contributed by atoms with Crippen LogP contribution in [-0.4, -0.2) is 23.0 Å². The molecule has 0 aliphatic carbocycles. The molecule has 1 aliphatic heterocycles. The Balaban J connectivity index is 2.30. The summed E-state index contributed by atoms with van der Waals surface area (Å²) in [4.78, 5) is 8.81. The lowest BCUT2D eigenvalue weighted by atomic mass is 9.77. The normalized spacial score (nSPS) is 19.6. The zero-order chi connectivity index (χ0) is 20.9. The molecule has 7 heteroatoms. The molecule has 0 saturated carbocycles. The van der Waals surface area contributed by atoms with Crippen molar-refractivity contribution in [1.82, 2.24) is 9.71 Å². The van der Waals surface area contributed by atoms with Crippen molar-refractivity contribution >= 4 is 17.7 Å². The second-order valence-corrected chi connectivity index (χ2v) is 7.90. The zero-order valence-electron chi connectivity index (χ0n) is 16.3. The van der Waals surface area contributed by atoms with Gasteiger partial charge in [-0.3, -0.25) is 4.99 Å². The minimum atomic E-state index is -4.46. The fourth-order valence-corrected chi connectivity index (χ4v) is 3.95. The Labute approximate surface area is 169 Å². The lowest BCUT2D eigenvalue weighted by Crippen LogP contribution is -2.36. The van der Waals surface area contributed by atoms with Crippen molar-refractivity contribution in [3.63, 3.8) is 0 Å². The van der Waals surface area contributed by atoms with Crippen LogP contribution in [0, 0.1) is 24.7 Å². The van der Waals surface area contributed by atoms with Gasteiger partial charge in [0.15, 0.2) is 0 Å². The van der Waals surface area contributed by atoms with Crippen LogP contribution in [0.4, 0.5) is 13.2 Å². The molecule has 1 N–H and O–H groups in total. The van der Waals surface area contributed by atoms with Crippen molar-refractivity contribution in [2.75, 3.05) is 0 Å². The molecule has 0 bridgehead atoms. The van der Waals surface area contributed by atoms with Crippen molar-refractivity contribution in [2.45, 2.75) is 44.6 Å². The number of halogens is 3. The van der Waals surface area contributed by atoms with E-state index in [0.717, 1.165) is 10.7 Å². The summed E-state index contributed by atoms with van der Waals surface area (Å²) < 4.78 is 44.0. The quantitative estimate of drug-likeness (QED) is 0.429. The number of nitrogens with one attached hydrogen (secondary N) is 1. The van der Waals surface area contributed by atoms with Crippen molar-refractivity contribution < 1.29 is 13.2 Å². The third-order valence-electron chi connectivity index (χ3n) is 4.61. The molecular formula is C21H26F3N3S. The smallest absolute Gasteiger partial charge is 0.269 e. The Morgan fingerprint density at radius 2 is 1.96 bits per heavy atom. The van der Waals surface area contributed by atoms with Gasteiger partial charge in [-0.2, -0.15) is 13.2 Å². The van der Waals surface area contributed by atoms with E-state index in [1.165, 1.54) is 18.0 Å². The van der Waals surface area contributed by atoms with Gasteiger partial charge in [-0.15, -0.1) is 13.2 Å². The van der Waals surface area contributed by atoms with Gasteiger partial charge >= 0.3 is 6.18 Å². The third-order valence-corrected chi connectivity index (χ3v) is 5.44. The Bertz CT molecular complexity index is 768. The maximum Gasteiger partial charge on any atom is 0.417 e. The fraction of sp³-hybridized carbons (Fsp3) is 0.429. The molecule has 0 fully saturated rings. The predicted molar refractivity (Wildman–Crippen MR) is 110 cm³/mol. The monoisotopic (exact) mass is 409 g/mol. The summed E-state index contributed by atoms with van der Waals surface area (Å²) in [5.74, 6) is -0.638. The van der Waals surface area contributed by atoms with Gasteiger partial charge in [0, 0.05) is 18.0 Å². The molecule has 2 heterocycles. The third kappa shape index (κ3) is 5.58. The van der Waals surface area contributed by atoms with Gasteiger partial charge in [0.2, 0.25) is 0 Å². The second kappa shape index (κ2) is 9.56. The Morgan fingerprint density at radius 3 is 2.50 bits per heavy atom. The summed E-state index contributed by atoms with van der Waals surface area (Å²) in [5, 5.41) is 0.744. The van der Waals surface area contributed by atoms with E-state index in [4.69, 9.17) is 0 Å². The number of hydrogen-bond acceptors (Lipinski definition) is 4. The number of nitrogens with zero attached hydrogens (tertiary/aromatic N) is 2. The van der Waals surface area contributed by atoms with Crippen molar-refractivity contribution in [2.24, 2.45) is 22.7 Å². The van der Waals surface area contributed by atoms with E-state index in [0.29, 0.717) is 0 Å². The number of pyridine rings is 1. The van der Waals surface area contributed by atoms with Gasteiger partial charge < -0.3 is 0 Å². The highest BCUT2D eigenvalue weighted by atomic mass is 32.2. The molecule has 0 aromatic carbocycles. The molecule has 3 nitrogen and oxygen atoms in total. The summed E-state index contributed by atoms with van der Waals surface area (Å²) in [6.45, 7) is 13.4. The molecule has 1 aliphatic rings. The van der Waals surface area contributed by atoms with Crippen LogP contribution in [0.25, 0.3) is 0 Å². The first-order valence-corrected chi connectivity index (χ1v) is 9.95. The van der Waals surface area contributed by atoms with Crippen molar-refractivity contribution in [3.05, 3.63) is 60.9 Å². The zero-order valence-corrected chi connectivity index (χ0v) is 17.1. The molecule has 0 amide bonds. The summed E-state index contributed by atoms with van der Waals surface area (Å²) in [6.07, 6.45) is -0.325. The Hall–Kier alpha value is -1.86. The molecule has 28 heavy (non-hydrogen) atoms. The molecule has 1 aromatic rings. The molecule has 3 unspecified atom stereocenters. The maximum absolute atomic E-state index is 13.6.